The van der Waals surface area contributed by atoms with Gasteiger partial charge in [-0.25, -0.2) is 8.42 Å². The predicted octanol–water partition coefficient (Wildman–Crippen LogP) is 3.09. The summed E-state index contributed by atoms with van der Waals surface area (Å²) < 4.78 is 23.1. The number of amides is 1. The fourth-order valence-corrected chi connectivity index (χ4v) is 5.07. The molecule has 1 N–H and O–H groups in total. The molecule has 1 aromatic carbocycles. The maximum atomic E-state index is 12.6. The number of benzene rings is 1. The van der Waals surface area contributed by atoms with Gasteiger partial charge in [-0.15, -0.1) is 0 Å². The van der Waals surface area contributed by atoms with Crippen molar-refractivity contribution in [2.75, 3.05) is 34.8 Å². The number of hydrogen-bond donors (Lipinski definition) is 1. The molecule has 2 saturated heterocycles. The van der Waals surface area contributed by atoms with Gasteiger partial charge in [0.1, 0.15) is 9.84 Å². The second kappa shape index (κ2) is 7.31. The summed E-state index contributed by atoms with van der Waals surface area (Å²) >= 11 is 6.11. The maximum absolute atomic E-state index is 12.6. The Morgan fingerprint density at radius 2 is 1.79 bits per heavy atom. The summed E-state index contributed by atoms with van der Waals surface area (Å²) in [6.07, 6.45) is 4.33. The van der Waals surface area contributed by atoms with E-state index in [1.54, 1.807) is 6.07 Å². The molecule has 0 bridgehead atoms. The summed E-state index contributed by atoms with van der Waals surface area (Å²) in [5, 5.41) is 3.57. The Morgan fingerprint density at radius 1 is 1.12 bits per heavy atom. The molecule has 0 atom stereocenters. The van der Waals surface area contributed by atoms with Crippen molar-refractivity contribution in [3.63, 3.8) is 0 Å². The smallest absolute Gasteiger partial charge is 0.227 e. The Hall–Kier alpha value is -1.27. The van der Waals surface area contributed by atoms with Crippen molar-refractivity contribution >= 4 is 38.7 Å². The summed E-state index contributed by atoms with van der Waals surface area (Å²) in [5.41, 5.74) is 1.72. The third kappa shape index (κ3) is 4.22. The average Bonchev–Trinajstić information content (AvgIpc) is 2.55. The lowest BCUT2D eigenvalue weighted by atomic mass is 10.0. The van der Waals surface area contributed by atoms with Gasteiger partial charge in [-0.1, -0.05) is 11.6 Å². The number of piperidine rings is 1. The zero-order valence-corrected chi connectivity index (χ0v) is 15.2. The Labute approximate surface area is 148 Å². The van der Waals surface area contributed by atoms with E-state index in [-0.39, 0.29) is 23.3 Å². The van der Waals surface area contributed by atoms with E-state index >= 15 is 0 Å². The highest BCUT2D eigenvalue weighted by Gasteiger charge is 2.29. The number of rotatable bonds is 3. The molecule has 0 aliphatic carbocycles. The number of sulfone groups is 1. The molecule has 3 rings (SSSR count). The van der Waals surface area contributed by atoms with Crippen molar-refractivity contribution in [2.45, 2.75) is 32.1 Å². The molecule has 132 valence electrons. The number of nitrogens with zero attached hydrogens (tertiary/aromatic N) is 1. The summed E-state index contributed by atoms with van der Waals surface area (Å²) in [6.45, 7) is 1.96. The van der Waals surface area contributed by atoms with Gasteiger partial charge in [0.15, 0.2) is 0 Å². The third-order valence-corrected chi connectivity index (χ3v) is 6.79. The first kappa shape index (κ1) is 17.5. The molecule has 0 aromatic heterocycles. The molecule has 0 saturated carbocycles. The zero-order valence-electron chi connectivity index (χ0n) is 13.6. The van der Waals surface area contributed by atoms with Gasteiger partial charge in [0.2, 0.25) is 5.91 Å². The summed E-state index contributed by atoms with van der Waals surface area (Å²) in [5.74, 6) is -0.161. The Morgan fingerprint density at radius 3 is 2.46 bits per heavy atom. The van der Waals surface area contributed by atoms with Crippen LogP contribution >= 0.6 is 11.6 Å². The normalized spacial score (nSPS) is 21.5. The van der Waals surface area contributed by atoms with Gasteiger partial charge in [-0.2, -0.15) is 0 Å². The molecule has 7 heteroatoms. The van der Waals surface area contributed by atoms with Crippen molar-refractivity contribution < 1.29 is 13.2 Å². The van der Waals surface area contributed by atoms with Gasteiger partial charge in [-0.05, 0) is 50.3 Å². The molecule has 0 radical (unpaired) electrons. The fourth-order valence-electron chi connectivity index (χ4n) is 3.41. The summed E-state index contributed by atoms with van der Waals surface area (Å²) in [6, 6.07) is 5.58. The maximum Gasteiger partial charge on any atom is 0.227 e. The van der Waals surface area contributed by atoms with Gasteiger partial charge in [0, 0.05) is 24.0 Å². The van der Waals surface area contributed by atoms with Crippen molar-refractivity contribution in [1.82, 2.24) is 0 Å². The molecule has 2 heterocycles. The number of carbonyl (C=O) groups excluding carboxylic acids is 1. The van der Waals surface area contributed by atoms with E-state index in [0.29, 0.717) is 17.9 Å². The van der Waals surface area contributed by atoms with Crippen LogP contribution in [0.15, 0.2) is 18.2 Å². The molecular weight excluding hydrogens is 348 g/mol. The van der Waals surface area contributed by atoms with Crippen molar-refractivity contribution in [2.24, 2.45) is 5.92 Å². The number of anilines is 2. The molecule has 1 amide bonds. The zero-order chi connectivity index (χ0) is 17.2. The highest BCUT2D eigenvalue weighted by Crippen LogP contribution is 2.32. The molecule has 1 aromatic rings. The van der Waals surface area contributed by atoms with Crippen LogP contribution in [0.1, 0.15) is 32.1 Å². The second-order valence-corrected chi connectivity index (χ2v) is 9.36. The molecule has 2 aliphatic rings. The Kier molecular flexibility index (Phi) is 5.35. The summed E-state index contributed by atoms with van der Waals surface area (Å²) in [7, 11) is -2.96. The van der Waals surface area contributed by atoms with E-state index < -0.39 is 9.84 Å². The van der Waals surface area contributed by atoms with Crippen LogP contribution in [-0.2, 0) is 14.6 Å². The van der Waals surface area contributed by atoms with Gasteiger partial charge in [0.05, 0.1) is 22.9 Å². The highest BCUT2D eigenvalue weighted by atomic mass is 35.5. The minimum atomic E-state index is -2.96. The molecular formula is C17H23ClN2O3S. The largest absolute Gasteiger partial charge is 0.370 e. The van der Waals surface area contributed by atoms with Gasteiger partial charge < -0.3 is 10.2 Å². The molecule has 2 fully saturated rings. The Balaban J connectivity index is 1.74. The van der Waals surface area contributed by atoms with Crippen LogP contribution < -0.4 is 10.2 Å². The third-order valence-electron chi connectivity index (χ3n) is 4.84. The van der Waals surface area contributed by atoms with Gasteiger partial charge >= 0.3 is 0 Å². The first-order chi connectivity index (χ1) is 11.4. The van der Waals surface area contributed by atoms with E-state index in [0.717, 1.165) is 37.3 Å². The van der Waals surface area contributed by atoms with Crippen molar-refractivity contribution in [1.29, 1.82) is 0 Å². The van der Waals surface area contributed by atoms with Crippen LogP contribution in [0.3, 0.4) is 0 Å². The van der Waals surface area contributed by atoms with Gasteiger partial charge in [0.25, 0.3) is 0 Å². The monoisotopic (exact) mass is 370 g/mol. The van der Waals surface area contributed by atoms with E-state index in [1.165, 1.54) is 6.42 Å². The lowest BCUT2D eigenvalue weighted by Crippen LogP contribution is -2.33. The standard InChI is InChI=1S/C17H23ClN2O3S/c18-14-4-5-16(20-8-2-1-3-9-20)15(12-14)19-17(21)13-6-10-24(22,23)11-7-13/h4-5,12-13H,1-3,6-11H2,(H,19,21). The van der Waals surface area contributed by atoms with Crippen LogP contribution in [0.25, 0.3) is 0 Å². The quantitative estimate of drug-likeness (QED) is 0.887. The van der Waals surface area contributed by atoms with E-state index in [2.05, 4.69) is 10.2 Å². The number of carbonyl (C=O) groups is 1. The summed E-state index contributed by atoms with van der Waals surface area (Å²) in [4.78, 5) is 14.8. The molecule has 2 aliphatic heterocycles. The molecule has 24 heavy (non-hydrogen) atoms. The van der Waals surface area contributed by atoms with Crippen molar-refractivity contribution in [3.8, 4) is 0 Å². The highest BCUT2D eigenvalue weighted by molar-refractivity contribution is 7.91. The first-order valence-corrected chi connectivity index (χ1v) is 10.7. The average molecular weight is 371 g/mol. The van der Waals surface area contributed by atoms with E-state index in [4.69, 9.17) is 11.6 Å². The SMILES string of the molecule is O=C(Nc1cc(Cl)ccc1N1CCCCC1)C1CCS(=O)(=O)CC1. The lowest BCUT2D eigenvalue weighted by molar-refractivity contribution is -0.120. The fraction of sp³-hybridized carbons (Fsp3) is 0.588. The predicted molar refractivity (Wildman–Crippen MR) is 97.5 cm³/mol. The second-order valence-electron chi connectivity index (χ2n) is 6.62. The van der Waals surface area contributed by atoms with Crippen LogP contribution in [0.4, 0.5) is 11.4 Å². The van der Waals surface area contributed by atoms with Crippen LogP contribution in [0, 0.1) is 5.92 Å². The molecule has 0 unspecified atom stereocenters. The first-order valence-electron chi connectivity index (χ1n) is 8.50. The topological polar surface area (TPSA) is 66.5 Å². The molecule has 5 nitrogen and oxygen atoms in total. The Bertz CT molecular complexity index is 701. The van der Waals surface area contributed by atoms with Gasteiger partial charge in [-0.3, -0.25) is 4.79 Å². The number of halogens is 1. The van der Waals surface area contributed by atoms with Crippen LogP contribution in [-0.4, -0.2) is 38.9 Å². The number of hydrogen-bond acceptors (Lipinski definition) is 4. The lowest BCUT2D eigenvalue weighted by Gasteiger charge is -2.31. The van der Waals surface area contributed by atoms with E-state index in [1.807, 2.05) is 12.1 Å². The van der Waals surface area contributed by atoms with Crippen LogP contribution in [0.5, 0.6) is 0 Å². The molecule has 0 spiro atoms. The van der Waals surface area contributed by atoms with Crippen LogP contribution in [0.2, 0.25) is 5.02 Å². The van der Waals surface area contributed by atoms with Crippen molar-refractivity contribution in [3.05, 3.63) is 23.2 Å². The minimum absolute atomic E-state index is 0.0968. The van der Waals surface area contributed by atoms with E-state index in [9.17, 15) is 13.2 Å². The minimum Gasteiger partial charge on any atom is -0.370 e. The number of nitrogens with one attached hydrogen (secondary N) is 1.